The van der Waals surface area contributed by atoms with Gasteiger partial charge < -0.3 is 10.1 Å². The fourth-order valence-electron chi connectivity index (χ4n) is 2.28. The van der Waals surface area contributed by atoms with Crippen LogP contribution in [0.15, 0.2) is 53.4 Å². The van der Waals surface area contributed by atoms with Gasteiger partial charge in [0.15, 0.2) is 0 Å². The van der Waals surface area contributed by atoms with Gasteiger partial charge in [0, 0.05) is 18.2 Å². The molecule has 1 amide bonds. The van der Waals surface area contributed by atoms with Gasteiger partial charge in [-0.05, 0) is 57.2 Å². The lowest BCUT2D eigenvalue weighted by Gasteiger charge is -2.20. The van der Waals surface area contributed by atoms with Crippen molar-refractivity contribution in [1.29, 1.82) is 0 Å². The zero-order valence-electron chi connectivity index (χ0n) is 15.6. The summed E-state index contributed by atoms with van der Waals surface area (Å²) >= 11 is 0. The van der Waals surface area contributed by atoms with E-state index in [1.54, 1.807) is 32.9 Å². The molecule has 2 aromatic rings. The average molecular weight is 390 g/mol. The molecule has 0 aliphatic carbocycles. The molecule has 27 heavy (non-hydrogen) atoms. The molecular formula is C19H22N2O5S. The molecule has 0 aliphatic rings. The summed E-state index contributed by atoms with van der Waals surface area (Å²) in [7, 11) is -3.66. The fraction of sp³-hybridized carbons (Fsp3) is 0.263. The molecule has 144 valence electrons. The highest BCUT2D eigenvalue weighted by Gasteiger charge is 2.22. The summed E-state index contributed by atoms with van der Waals surface area (Å²) in [6.45, 7) is 6.50. The van der Waals surface area contributed by atoms with Gasteiger partial charge in [0.25, 0.3) is 5.91 Å². The van der Waals surface area contributed by atoms with E-state index in [1.165, 1.54) is 43.3 Å². The summed E-state index contributed by atoms with van der Waals surface area (Å²) in [5.41, 5.74) is -0.00211. The van der Waals surface area contributed by atoms with Gasteiger partial charge in [0.1, 0.15) is 5.75 Å². The quantitative estimate of drug-likeness (QED) is 0.604. The molecule has 0 bridgehead atoms. The number of carbonyl (C=O) groups is 2. The molecule has 0 spiro atoms. The Bertz CT molecular complexity index is 945. The van der Waals surface area contributed by atoms with Crippen LogP contribution in [0.1, 0.15) is 38.1 Å². The van der Waals surface area contributed by atoms with Gasteiger partial charge in [-0.25, -0.2) is 13.1 Å². The maximum absolute atomic E-state index is 12.5. The molecule has 0 heterocycles. The van der Waals surface area contributed by atoms with Crippen molar-refractivity contribution in [2.24, 2.45) is 0 Å². The lowest BCUT2D eigenvalue weighted by Crippen LogP contribution is -2.40. The molecule has 0 radical (unpaired) electrons. The molecule has 7 nitrogen and oxygen atoms in total. The van der Waals surface area contributed by atoms with Crippen molar-refractivity contribution in [3.63, 3.8) is 0 Å². The summed E-state index contributed by atoms with van der Waals surface area (Å²) < 4.78 is 32.2. The molecule has 2 aromatic carbocycles. The van der Waals surface area contributed by atoms with Crippen LogP contribution in [0.3, 0.4) is 0 Å². The number of hydrogen-bond donors (Lipinski definition) is 2. The number of esters is 1. The number of amides is 1. The smallest absolute Gasteiger partial charge is 0.308 e. The van der Waals surface area contributed by atoms with Gasteiger partial charge in [-0.3, -0.25) is 9.59 Å². The number of sulfonamides is 1. The van der Waals surface area contributed by atoms with Gasteiger partial charge in [-0.2, -0.15) is 0 Å². The van der Waals surface area contributed by atoms with E-state index in [9.17, 15) is 18.0 Å². The van der Waals surface area contributed by atoms with Gasteiger partial charge in [-0.1, -0.05) is 12.1 Å². The number of carbonyl (C=O) groups excluding carboxylic acids is 2. The molecule has 0 saturated heterocycles. The number of hydrogen-bond acceptors (Lipinski definition) is 5. The van der Waals surface area contributed by atoms with Crippen molar-refractivity contribution in [3.8, 4) is 5.75 Å². The van der Waals surface area contributed by atoms with Gasteiger partial charge in [0.2, 0.25) is 10.0 Å². The second-order valence-corrected chi connectivity index (χ2v) is 8.61. The van der Waals surface area contributed by atoms with Crippen LogP contribution in [0, 0.1) is 0 Å². The normalized spacial score (nSPS) is 11.7. The minimum atomic E-state index is -3.66. The summed E-state index contributed by atoms with van der Waals surface area (Å²) in [5, 5.41) is 2.65. The van der Waals surface area contributed by atoms with Crippen LogP contribution in [0.5, 0.6) is 5.75 Å². The number of nitrogens with one attached hydrogen (secondary N) is 2. The third-order valence-electron chi connectivity index (χ3n) is 3.25. The first-order valence-electron chi connectivity index (χ1n) is 8.21. The molecule has 0 atom stereocenters. The number of rotatable bonds is 5. The zero-order chi connectivity index (χ0) is 20.2. The number of para-hydroxylation sites is 1. The van der Waals surface area contributed by atoms with Crippen LogP contribution in [-0.4, -0.2) is 25.8 Å². The summed E-state index contributed by atoms with van der Waals surface area (Å²) in [4.78, 5) is 23.7. The van der Waals surface area contributed by atoms with Crippen molar-refractivity contribution in [2.75, 3.05) is 5.32 Å². The van der Waals surface area contributed by atoms with E-state index < -0.39 is 27.4 Å². The van der Waals surface area contributed by atoms with Crippen molar-refractivity contribution < 1.29 is 22.7 Å². The first-order valence-corrected chi connectivity index (χ1v) is 9.69. The zero-order valence-corrected chi connectivity index (χ0v) is 16.4. The first-order chi connectivity index (χ1) is 12.5. The highest BCUT2D eigenvalue weighted by molar-refractivity contribution is 7.89. The summed E-state index contributed by atoms with van der Waals surface area (Å²) in [6.07, 6.45) is 0. The summed E-state index contributed by atoms with van der Waals surface area (Å²) in [6, 6.07) is 12.1. The van der Waals surface area contributed by atoms with Crippen LogP contribution < -0.4 is 14.8 Å². The van der Waals surface area contributed by atoms with Gasteiger partial charge in [-0.15, -0.1) is 0 Å². The lowest BCUT2D eigenvalue weighted by atomic mass is 10.1. The minimum absolute atomic E-state index is 0.0933. The van der Waals surface area contributed by atoms with Crippen LogP contribution in [0.25, 0.3) is 0 Å². The topological polar surface area (TPSA) is 102 Å². The van der Waals surface area contributed by atoms with E-state index in [2.05, 4.69) is 10.0 Å². The fourth-order valence-corrected chi connectivity index (χ4v) is 3.69. The predicted molar refractivity (Wildman–Crippen MR) is 102 cm³/mol. The third-order valence-corrected chi connectivity index (χ3v) is 5.02. The van der Waals surface area contributed by atoms with E-state index in [1.807, 2.05) is 0 Å². The molecule has 0 aliphatic heterocycles. The highest BCUT2D eigenvalue weighted by atomic mass is 32.2. The van der Waals surface area contributed by atoms with Crippen molar-refractivity contribution in [1.82, 2.24) is 4.72 Å². The van der Waals surface area contributed by atoms with Crippen LogP contribution in [-0.2, 0) is 14.8 Å². The van der Waals surface area contributed by atoms with Crippen LogP contribution in [0.2, 0.25) is 0 Å². The average Bonchev–Trinajstić information content (AvgIpc) is 2.53. The molecular weight excluding hydrogens is 368 g/mol. The molecule has 0 fully saturated rings. The van der Waals surface area contributed by atoms with Crippen molar-refractivity contribution >= 4 is 27.6 Å². The van der Waals surface area contributed by atoms with E-state index >= 15 is 0 Å². The third kappa shape index (κ3) is 5.90. The predicted octanol–water partition coefficient (Wildman–Crippen LogP) is 2.94. The Kier molecular flexibility index (Phi) is 6.02. The Labute approximate surface area is 158 Å². The van der Waals surface area contributed by atoms with Crippen molar-refractivity contribution in [3.05, 3.63) is 54.1 Å². The van der Waals surface area contributed by atoms with E-state index in [-0.39, 0.29) is 16.2 Å². The highest BCUT2D eigenvalue weighted by Crippen LogP contribution is 2.21. The maximum Gasteiger partial charge on any atom is 0.308 e. The largest absolute Gasteiger partial charge is 0.426 e. The Morgan fingerprint density at radius 3 is 2.11 bits per heavy atom. The number of ether oxygens (including phenoxy) is 1. The van der Waals surface area contributed by atoms with Crippen molar-refractivity contribution in [2.45, 2.75) is 38.1 Å². The van der Waals surface area contributed by atoms with Crippen LogP contribution >= 0.6 is 0 Å². The first kappa shape index (κ1) is 20.6. The Hall–Kier alpha value is -2.71. The Morgan fingerprint density at radius 2 is 1.56 bits per heavy atom. The number of anilines is 1. The molecule has 2 rings (SSSR count). The van der Waals surface area contributed by atoms with Gasteiger partial charge >= 0.3 is 5.97 Å². The standard InChI is InChI=1S/C19H22N2O5S/c1-13(22)26-17-8-6-5-7-16(17)18(23)20-14-9-11-15(12-10-14)27(24,25)21-19(2,3)4/h5-12,21H,1-4H3,(H,20,23). The summed E-state index contributed by atoms with van der Waals surface area (Å²) in [5.74, 6) is -0.859. The van der Waals surface area contributed by atoms with Gasteiger partial charge in [0.05, 0.1) is 10.5 Å². The monoisotopic (exact) mass is 390 g/mol. The molecule has 0 aromatic heterocycles. The maximum atomic E-state index is 12.5. The number of benzene rings is 2. The SMILES string of the molecule is CC(=O)Oc1ccccc1C(=O)Nc1ccc(S(=O)(=O)NC(C)(C)C)cc1. The Balaban J connectivity index is 2.18. The van der Waals surface area contributed by atoms with E-state index in [4.69, 9.17) is 4.74 Å². The van der Waals surface area contributed by atoms with Crippen LogP contribution in [0.4, 0.5) is 5.69 Å². The molecule has 2 N–H and O–H groups in total. The molecule has 0 saturated carbocycles. The lowest BCUT2D eigenvalue weighted by molar-refractivity contribution is -0.131. The van der Waals surface area contributed by atoms with E-state index in [0.717, 1.165) is 0 Å². The molecule has 8 heteroatoms. The second-order valence-electron chi connectivity index (χ2n) is 6.92. The van der Waals surface area contributed by atoms with E-state index in [0.29, 0.717) is 5.69 Å². The minimum Gasteiger partial charge on any atom is -0.426 e. The molecule has 0 unspecified atom stereocenters. The Morgan fingerprint density at radius 1 is 0.963 bits per heavy atom. The second kappa shape index (κ2) is 7.89.